The van der Waals surface area contributed by atoms with Gasteiger partial charge in [-0.25, -0.2) is 0 Å². The van der Waals surface area contributed by atoms with Crippen LogP contribution in [0.4, 0.5) is 0 Å². The van der Waals surface area contributed by atoms with Gasteiger partial charge in [0.2, 0.25) is 0 Å². The van der Waals surface area contributed by atoms with Crippen molar-refractivity contribution >= 4 is 42.4 Å². The Hall–Kier alpha value is -3.36. The fraction of sp³-hybridized carbons (Fsp3) is 0.103. The molecule has 31 heavy (non-hydrogen) atoms. The number of benzene rings is 4. The third-order valence-electron chi connectivity index (χ3n) is 7.06. The topological polar surface area (TPSA) is 4.93 Å². The zero-order valence-electron chi connectivity index (χ0n) is 17.5. The van der Waals surface area contributed by atoms with Crippen LogP contribution in [-0.2, 0) is 5.41 Å². The minimum atomic E-state index is 0.0354. The van der Waals surface area contributed by atoms with Gasteiger partial charge in [-0.2, -0.15) is 0 Å². The molecule has 0 N–H and O–H groups in total. The monoisotopic (exact) mass is 415 g/mol. The highest BCUT2D eigenvalue weighted by Crippen LogP contribution is 2.51. The summed E-state index contributed by atoms with van der Waals surface area (Å²) < 4.78 is 5.07. The van der Waals surface area contributed by atoms with Crippen LogP contribution in [0.5, 0.6) is 0 Å². The summed E-state index contributed by atoms with van der Waals surface area (Å²) in [6, 6.07) is 31.3. The molecule has 0 saturated carbocycles. The predicted octanol–water partition coefficient (Wildman–Crippen LogP) is 8.30. The van der Waals surface area contributed by atoms with Crippen LogP contribution in [0, 0.1) is 0 Å². The maximum atomic E-state index is 2.38. The number of fused-ring (bicyclic) bond motifs is 8. The molecular formula is C29H21NS. The van der Waals surface area contributed by atoms with E-state index < -0.39 is 0 Å². The normalized spacial score (nSPS) is 14.4. The minimum absolute atomic E-state index is 0.0354. The number of aromatic nitrogens is 1. The lowest BCUT2D eigenvalue weighted by atomic mass is 9.82. The van der Waals surface area contributed by atoms with E-state index in [0.29, 0.717) is 0 Å². The molecule has 2 heterocycles. The molecular weight excluding hydrogens is 394 g/mol. The van der Waals surface area contributed by atoms with E-state index in [9.17, 15) is 0 Å². The van der Waals surface area contributed by atoms with Crippen molar-refractivity contribution in [2.75, 3.05) is 0 Å². The molecule has 0 atom stereocenters. The largest absolute Gasteiger partial charge is 0.315 e. The molecule has 0 amide bonds. The van der Waals surface area contributed by atoms with Crippen molar-refractivity contribution in [1.82, 2.24) is 4.57 Å². The van der Waals surface area contributed by atoms with Crippen LogP contribution in [0.2, 0.25) is 0 Å². The maximum absolute atomic E-state index is 2.38. The van der Waals surface area contributed by atoms with E-state index in [1.807, 2.05) is 11.3 Å². The highest BCUT2D eigenvalue weighted by Gasteiger charge is 2.36. The zero-order valence-corrected chi connectivity index (χ0v) is 18.3. The first-order chi connectivity index (χ1) is 15.1. The Balaban J connectivity index is 1.55. The molecule has 2 aromatic heterocycles. The molecule has 0 fully saturated rings. The number of rotatable bonds is 1. The van der Waals surface area contributed by atoms with Crippen molar-refractivity contribution in [1.29, 1.82) is 0 Å². The average Bonchev–Trinajstić information content (AvgIpc) is 3.45. The molecule has 1 aliphatic carbocycles. The Morgan fingerprint density at radius 3 is 2.42 bits per heavy atom. The first kappa shape index (κ1) is 17.3. The predicted molar refractivity (Wildman–Crippen MR) is 134 cm³/mol. The minimum Gasteiger partial charge on any atom is -0.315 e. The van der Waals surface area contributed by atoms with Crippen LogP contribution in [0.1, 0.15) is 25.0 Å². The smallest absolute Gasteiger partial charge is 0.0634 e. The molecule has 0 aliphatic heterocycles. The molecule has 1 aliphatic rings. The van der Waals surface area contributed by atoms with E-state index >= 15 is 0 Å². The summed E-state index contributed by atoms with van der Waals surface area (Å²) in [5.74, 6) is 0. The third-order valence-corrected chi connectivity index (χ3v) is 8.27. The van der Waals surface area contributed by atoms with Gasteiger partial charge in [0.25, 0.3) is 0 Å². The summed E-state index contributed by atoms with van der Waals surface area (Å²) in [5.41, 5.74) is 8.21. The first-order valence-electron chi connectivity index (χ1n) is 10.8. The number of hydrogen-bond acceptors (Lipinski definition) is 1. The van der Waals surface area contributed by atoms with Crippen molar-refractivity contribution in [3.8, 4) is 16.8 Å². The van der Waals surface area contributed by atoms with Gasteiger partial charge in [-0.05, 0) is 46.5 Å². The van der Waals surface area contributed by atoms with E-state index in [0.717, 1.165) is 0 Å². The molecule has 0 bridgehead atoms. The molecule has 1 nitrogen and oxygen atoms in total. The zero-order chi connectivity index (χ0) is 20.7. The van der Waals surface area contributed by atoms with Gasteiger partial charge < -0.3 is 4.57 Å². The summed E-state index contributed by atoms with van der Waals surface area (Å²) in [6.45, 7) is 4.69. The number of nitrogens with zero attached hydrogens (tertiary/aromatic N) is 1. The van der Waals surface area contributed by atoms with Crippen LogP contribution in [0.3, 0.4) is 0 Å². The quantitative estimate of drug-likeness (QED) is 0.254. The summed E-state index contributed by atoms with van der Waals surface area (Å²) in [7, 11) is 0. The Morgan fingerprint density at radius 2 is 1.48 bits per heavy atom. The van der Waals surface area contributed by atoms with E-state index in [4.69, 9.17) is 0 Å². The van der Waals surface area contributed by atoms with Crippen molar-refractivity contribution < 1.29 is 0 Å². The van der Waals surface area contributed by atoms with Crippen molar-refractivity contribution in [3.63, 3.8) is 0 Å². The van der Waals surface area contributed by atoms with Gasteiger partial charge in [0, 0.05) is 32.5 Å². The maximum Gasteiger partial charge on any atom is 0.0634 e. The van der Waals surface area contributed by atoms with Gasteiger partial charge in [-0.15, -0.1) is 11.3 Å². The second-order valence-electron chi connectivity index (χ2n) is 9.03. The summed E-state index contributed by atoms with van der Waals surface area (Å²) in [5, 5.41) is 4.03. The lowest BCUT2D eigenvalue weighted by molar-refractivity contribution is 0.661. The van der Waals surface area contributed by atoms with Crippen LogP contribution >= 0.6 is 11.3 Å². The Morgan fingerprint density at radius 1 is 0.677 bits per heavy atom. The number of thiophene rings is 1. The van der Waals surface area contributed by atoms with Crippen molar-refractivity contribution in [3.05, 3.63) is 102 Å². The Bertz CT molecular complexity index is 1660. The van der Waals surface area contributed by atoms with E-state index in [1.54, 1.807) is 0 Å². The van der Waals surface area contributed by atoms with Crippen LogP contribution in [0.15, 0.2) is 91.1 Å². The fourth-order valence-electron chi connectivity index (χ4n) is 5.55. The summed E-state index contributed by atoms with van der Waals surface area (Å²) in [6.07, 6.45) is 2.25. The van der Waals surface area contributed by atoms with Gasteiger partial charge in [0.1, 0.15) is 0 Å². The lowest BCUT2D eigenvalue weighted by Crippen LogP contribution is -2.14. The Labute approximate surface area is 185 Å². The van der Waals surface area contributed by atoms with E-state index in [2.05, 4.69) is 110 Å². The summed E-state index contributed by atoms with van der Waals surface area (Å²) >= 11 is 1.89. The van der Waals surface area contributed by atoms with Gasteiger partial charge in [0.15, 0.2) is 0 Å². The first-order valence-corrected chi connectivity index (χ1v) is 11.6. The van der Waals surface area contributed by atoms with Crippen LogP contribution in [-0.4, -0.2) is 4.57 Å². The van der Waals surface area contributed by atoms with E-state index in [1.165, 1.54) is 59.0 Å². The van der Waals surface area contributed by atoms with E-state index in [-0.39, 0.29) is 5.41 Å². The molecule has 4 aromatic carbocycles. The molecule has 7 rings (SSSR count). The van der Waals surface area contributed by atoms with Gasteiger partial charge >= 0.3 is 0 Å². The fourth-order valence-corrected chi connectivity index (χ4v) is 6.76. The molecule has 0 saturated heterocycles. The number of hydrogen-bond donors (Lipinski definition) is 0. The SMILES string of the molecule is CC1(C)c2ccccc2-c2c1ccc1c2ccn1-c1cccc2c1sc1ccccc12. The molecule has 0 spiro atoms. The molecule has 0 radical (unpaired) electrons. The lowest BCUT2D eigenvalue weighted by Gasteiger charge is -2.21. The third kappa shape index (κ3) is 2.15. The van der Waals surface area contributed by atoms with Gasteiger partial charge in [0.05, 0.1) is 15.9 Å². The molecule has 0 unspecified atom stereocenters. The van der Waals surface area contributed by atoms with Gasteiger partial charge in [-0.3, -0.25) is 0 Å². The van der Waals surface area contributed by atoms with Crippen LogP contribution < -0.4 is 0 Å². The van der Waals surface area contributed by atoms with Gasteiger partial charge in [-0.1, -0.05) is 74.5 Å². The molecule has 148 valence electrons. The second kappa shape index (κ2) is 5.87. The van der Waals surface area contributed by atoms with Crippen molar-refractivity contribution in [2.24, 2.45) is 0 Å². The molecule has 6 aromatic rings. The average molecular weight is 416 g/mol. The highest BCUT2D eigenvalue weighted by atomic mass is 32.1. The molecule has 2 heteroatoms. The second-order valence-corrected chi connectivity index (χ2v) is 10.1. The van der Waals surface area contributed by atoms with Crippen LogP contribution in [0.25, 0.3) is 47.9 Å². The standard InChI is InChI=1S/C29H21NS/c1-29(2)22-11-5-3-9-20(22)27-21-16-17-30(24(21)15-14-23(27)29)25-12-7-10-19-18-8-4-6-13-26(18)31-28(19)25/h3-17H,1-2H3. The van der Waals surface area contributed by atoms with Crippen molar-refractivity contribution in [2.45, 2.75) is 19.3 Å². The summed E-state index contributed by atoms with van der Waals surface area (Å²) in [4.78, 5) is 0. The Kier molecular flexibility index (Phi) is 3.28. The highest BCUT2D eigenvalue weighted by molar-refractivity contribution is 7.26.